The molecule has 1 fully saturated rings. The highest BCUT2D eigenvalue weighted by atomic mass is 35.5. The predicted octanol–water partition coefficient (Wildman–Crippen LogP) is 3.56. The number of carbonyl (C=O) groups excluding carboxylic acids is 1. The van der Waals surface area contributed by atoms with E-state index >= 15 is 0 Å². The minimum absolute atomic E-state index is 0.0167. The second-order valence-corrected chi connectivity index (χ2v) is 9.52. The van der Waals surface area contributed by atoms with E-state index < -0.39 is 28.0 Å². The van der Waals surface area contributed by atoms with Gasteiger partial charge >= 0.3 is 12.1 Å². The molecule has 0 aromatic heterocycles. The van der Waals surface area contributed by atoms with Crippen LogP contribution in [-0.2, 0) is 14.6 Å². The summed E-state index contributed by atoms with van der Waals surface area (Å²) in [5.41, 5.74) is 0.182. The van der Waals surface area contributed by atoms with Crippen molar-refractivity contribution < 1.29 is 31.1 Å². The lowest BCUT2D eigenvalue weighted by Crippen LogP contribution is -2.53. The largest absolute Gasteiger partial charge is 0.496 e. The van der Waals surface area contributed by atoms with Crippen LogP contribution in [-0.4, -0.2) is 64.1 Å². The molecule has 2 aromatic carbocycles. The molecule has 1 heterocycles. The molecule has 1 atom stereocenters. The first-order chi connectivity index (χ1) is 14.4. The van der Waals surface area contributed by atoms with Gasteiger partial charge in [0, 0.05) is 30.2 Å². The molecule has 1 aliphatic rings. The molecule has 0 bridgehead atoms. The number of rotatable bonds is 4. The fraction of sp³-hybridized carbons (Fsp3) is 0.350. The van der Waals surface area contributed by atoms with E-state index in [4.69, 9.17) is 16.3 Å². The molecule has 1 aliphatic heterocycles. The monoisotopic (exact) mass is 476 g/mol. The number of benzene rings is 2. The molecule has 1 saturated heterocycles. The number of sulfone groups is 1. The Labute approximate surface area is 183 Å². The van der Waals surface area contributed by atoms with Crippen LogP contribution in [0.25, 0.3) is 0 Å². The van der Waals surface area contributed by atoms with E-state index in [9.17, 15) is 26.4 Å². The van der Waals surface area contributed by atoms with Gasteiger partial charge in [0.05, 0.1) is 22.9 Å². The Kier molecular flexibility index (Phi) is 6.54. The molecule has 0 N–H and O–H groups in total. The average Bonchev–Trinajstić information content (AvgIpc) is 2.72. The molecule has 3 rings (SSSR count). The third-order valence-electron chi connectivity index (χ3n) is 5.08. The second-order valence-electron chi connectivity index (χ2n) is 7.14. The van der Waals surface area contributed by atoms with Crippen molar-refractivity contribution in [1.82, 2.24) is 9.80 Å². The molecule has 6 nitrogen and oxygen atoms in total. The lowest BCUT2D eigenvalue weighted by Gasteiger charge is -2.40. The molecule has 0 aliphatic carbocycles. The topological polar surface area (TPSA) is 66.9 Å². The fourth-order valence-electron chi connectivity index (χ4n) is 3.48. The van der Waals surface area contributed by atoms with Crippen molar-refractivity contribution in [3.8, 4) is 5.75 Å². The standard InChI is InChI=1S/C20H20ClF3N2O4S/c1-25-9-10-26(19(27)20(22,23)24)17(12-25)16-11-15(7-8-18(16)30-2)31(28,29)14-5-3-13(21)4-6-14/h3-8,11,17H,9-10,12H2,1-2H3. The number of nitrogens with zero attached hydrogens (tertiary/aromatic N) is 2. The van der Waals surface area contributed by atoms with Gasteiger partial charge < -0.3 is 14.5 Å². The van der Waals surface area contributed by atoms with Crippen LogP contribution >= 0.6 is 11.6 Å². The average molecular weight is 477 g/mol. The minimum Gasteiger partial charge on any atom is -0.496 e. The minimum atomic E-state index is -5.05. The van der Waals surface area contributed by atoms with Crippen molar-refractivity contribution in [3.63, 3.8) is 0 Å². The van der Waals surface area contributed by atoms with E-state index in [1.54, 1.807) is 11.9 Å². The van der Waals surface area contributed by atoms with Crippen molar-refractivity contribution >= 4 is 27.3 Å². The van der Waals surface area contributed by atoms with Crippen LogP contribution in [0.5, 0.6) is 5.75 Å². The summed E-state index contributed by atoms with van der Waals surface area (Å²) in [6, 6.07) is 8.46. The SMILES string of the molecule is COc1ccc(S(=O)(=O)c2ccc(Cl)cc2)cc1C1CN(C)CCN1C(=O)C(F)(F)F. The van der Waals surface area contributed by atoms with Crippen LogP contribution in [0.2, 0.25) is 5.02 Å². The maximum absolute atomic E-state index is 13.2. The quantitative estimate of drug-likeness (QED) is 0.675. The summed E-state index contributed by atoms with van der Waals surface area (Å²) in [5.74, 6) is -1.78. The molecule has 0 spiro atoms. The smallest absolute Gasteiger partial charge is 0.471 e. The van der Waals surface area contributed by atoms with Gasteiger partial charge in [-0.05, 0) is 49.5 Å². The summed E-state index contributed by atoms with van der Waals surface area (Å²) < 4.78 is 71.0. The van der Waals surface area contributed by atoms with Crippen LogP contribution in [0.1, 0.15) is 11.6 Å². The molecule has 2 aromatic rings. The Hall–Kier alpha value is -2.30. The van der Waals surface area contributed by atoms with Gasteiger partial charge in [-0.2, -0.15) is 13.2 Å². The van der Waals surface area contributed by atoms with Crippen molar-refractivity contribution in [1.29, 1.82) is 0 Å². The van der Waals surface area contributed by atoms with Gasteiger partial charge in [-0.25, -0.2) is 8.42 Å². The number of amides is 1. The summed E-state index contributed by atoms with van der Waals surface area (Å²) in [7, 11) is -0.935. The van der Waals surface area contributed by atoms with Gasteiger partial charge in [-0.15, -0.1) is 0 Å². The zero-order valence-electron chi connectivity index (χ0n) is 16.7. The van der Waals surface area contributed by atoms with Crippen LogP contribution in [0, 0.1) is 0 Å². The van der Waals surface area contributed by atoms with Gasteiger partial charge in [0.1, 0.15) is 5.75 Å². The summed E-state index contributed by atoms with van der Waals surface area (Å²) in [6.45, 7) is 0.183. The highest BCUT2D eigenvalue weighted by Gasteiger charge is 2.46. The summed E-state index contributed by atoms with van der Waals surface area (Å²) in [5, 5.41) is 0.362. The third kappa shape index (κ3) is 4.81. The summed E-state index contributed by atoms with van der Waals surface area (Å²) in [4.78, 5) is 14.4. The normalized spacial score (nSPS) is 18.1. The molecule has 168 valence electrons. The number of methoxy groups -OCH3 is 1. The third-order valence-corrected chi connectivity index (χ3v) is 7.10. The van der Waals surface area contributed by atoms with Gasteiger partial charge in [-0.3, -0.25) is 4.79 Å². The first-order valence-corrected chi connectivity index (χ1v) is 11.1. The van der Waals surface area contributed by atoms with E-state index in [0.717, 1.165) is 4.90 Å². The predicted molar refractivity (Wildman–Crippen MR) is 108 cm³/mol. The van der Waals surface area contributed by atoms with Crippen LogP contribution in [0.4, 0.5) is 13.2 Å². The number of piperazine rings is 1. The lowest BCUT2D eigenvalue weighted by molar-refractivity contribution is -0.190. The van der Waals surface area contributed by atoms with Crippen molar-refractivity contribution in [2.75, 3.05) is 33.8 Å². The van der Waals surface area contributed by atoms with E-state index in [1.165, 1.54) is 49.6 Å². The van der Waals surface area contributed by atoms with Gasteiger partial charge in [0.15, 0.2) is 0 Å². The van der Waals surface area contributed by atoms with E-state index in [-0.39, 0.29) is 40.7 Å². The Morgan fingerprint density at radius 2 is 1.71 bits per heavy atom. The fourth-order valence-corrected chi connectivity index (χ4v) is 4.90. The Morgan fingerprint density at radius 1 is 1.10 bits per heavy atom. The highest BCUT2D eigenvalue weighted by Crippen LogP contribution is 2.37. The molecule has 0 radical (unpaired) electrons. The zero-order valence-corrected chi connectivity index (χ0v) is 18.3. The number of hydrogen-bond acceptors (Lipinski definition) is 5. The maximum atomic E-state index is 13.2. The maximum Gasteiger partial charge on any atom is 0.471 e. The molecule has 11 heteroatoms. The Balaban J connectivity index is 2.10. The van der Waals surface area contributed by atoms with Crippen molar-refractivity contribution in [2.45, 2.75) is 22.0 Å². The molecule has 1 amide bonds. The zero-order chi connectivity index (χ0) is 23.0. The number of ether oxygens (including phenoxy) is 1. The summed E-state index contributed by atoms with van der Waals surface area (Å²) in [6.07, 6.45) is -5.05. The molecule has 1 unspecified atom stereocenters. The summed E-state index contributed by atoms with van der Waals surface area (Å²) >= 11 is 5.82. The van der Waals surface area contributed by atoms with Crippen molar-refractivity contribution in [3.05, 3.63) is 53.1 Å². The first-order valence-electron chi connectivity index (χ1n) is 9.20. The van der Waals surface area contributed by atoms with Gasteiger partial charge in [-0.1, -0.05) is 11.6 Å². The number of carbonyl (C=O) groups is 1. The van der Waals surface area contributed by atoms with Gasteiger partial charge in [0.2, 0.25) is 9.84 Å². The van der Waals surface area contributed by atoms with Crippen LogP contribution in [0.15, 0.2) is 52.3 Å². The number of alkyl halides is 3. The molecular weight excluding hydrogens is 457 g/mol. The molecule has 31 heavy (non-hydrogen) atoms. The lowest BCUT2D eigenvalue weighted by atomic mass is 10.0. The Bertz CT molecular complexity index is 1070. The number of likely N-dealkylation sites (N-methyl/N-ethyl adjacent to an activating group) is 1. The molecule has 0 saturated carbocycles. The van der Waals surface area contributed by atoms with Crippen molar-refractivity contribution in [2.24, 2.45) is 0 Å². The van der Waals surface area contributed by atoms with Crippen LogP contribution in [0.3, 0.4) is 0 Å². The van der Waals surface area contributed by atoms with E-state index in [2.05, 4.69) is 0 Å². The van der Waals surface area contributed by atoms with Gasteiger partial charge in [0.25, 0.3) is 0 Å². The second kappa shape index (κ2) is 8.68. The first kappa shape index (κ1) is 23.4. The Morgan fingerprint density at radius 3 is 2.29 bits per heavy atom. The van der Waals surface area contributed by atoms with E-state index in [1.807, 2.05) is 0 Å². The van der Waals surface area contributed by atoms with E-state index in [0.29, 0.717) is 5.02 Å². The molecular formula is C20H20ClF3N2O4S. The highest BCUT2D eigenvalue weighted by molar-refractivity contribution is 7.91. The van der Waals surface area contributed by atoms with Crippen LogP contribution < -0.4 is 4.74 Å². The number of halogens is 4. The number of hydrogen-bond donors (Lipinski definition) is 0.